The van der Waals surface area contributed by atoms with Crippen LogP contribution in [0.25, 0.3) is 11.3 Å². The minimum Gasteiger partial charge on any atom is -0.494 e. The van der Waals surface area contributed by atoms with Gasteiger partial charge in [-0.1, -0.05) is 19.3 Å². The third-order valence-corrected chi connectivity index (χ3v) is 5.10. The molecule has 1 heterocycles. The molecule has 1 fully saturated rings. The molecule has 0 amide bonds. The third kappa shape index (κ3) is 2.88. The highest BCUT2D eigenvalue weighted by molar-refractivity contribution is 7.16. The van der Waals surface area contributed by atoms with Gasteiger partial charge in [-0.15, -0.1) is 11.3 Å². The summed E-state index contributed by atoms with van der Waals surface area (Å²) in [5.41, 5.74) is 7.51. The Kier molecular flexibility index (Phi) is 4.10. The number of hydrogen-bond acceptors (Lipinski definition) is 4. The minimum absolute atomic E-state index is 0.236. The van der Waals surface area contributed by atoms with Gasteiger partial charge in [-0.05, 0) is 31.0 Å². The molecule has 1 aromatic carbocycles. The summed E-state index contributed by atoms with van der Waals surface area (Å²) in [5, 5.41) is 1.76. The van der Waals surface area contributed by atoms with Gasteiger partial charge >= 0.3 is 0 Å². The Labute approximate surface area is 128 Å². The molecule has 21 heavy (non-hydrogen) atoms. The van der Waals surface area contributed by atoms with Gasteiger partial charge < -0.3 is 10.5 Å². The molecule has 3 rings (SSSR count). The molecule has 0 radical (unpaired) electrons. The lowest BCUT2D eigenvalue weighted by Crippen LogP contribution is -2.03. The molecule has 2 N–H and O–H groups in total. The number of anilines is 1. The number of nitrogens with two attached hydrogens (primary N) is 1. The van der Waals surface area contributed by atoms with Crippen LogP contribution in [0.1, 0.15) is 43.0 Å². The van der Waals surface area contributed by atoms with Gasteiger partial charge in [0, 0.05) is 11.5 Å². The lowest BCUT2D eigenvalue weighted by molar-refractivity contribution is 0.386. The quantitative estimate of drug-likeness (QED) is 0.902. The molecule has 1 aliphatic rings. The van der Waals surface area contributed by atoms with Gasteiger partial charge in [0.25, 0.3) is 0 Å². The first-order chi connectivity index (χ1) is 10.2. The predicted molar refractivity (Wildman–Crippen MR) is 84.3 cm³/mol. The van der Waals surface area contributed by atoms with Gasteiger partial charge in [-0.3, -0.25) is 0 Å². The Balaban J connectivity index is 1.91. The molecule has 0 saturated heterocycles. The van der Waals surface area contributed by atoms with Crippen LogP contribution in [0.15, 0.2) is 18.2 Å². The molecule has 1 aromatic heterocycles. The number of methoxy groups -OCH3 is 1. The van der Waals surface area contributed by atoms with E-state index in [4.69, 9.17) is 10.5 Å². The van der Waals surface area contributed by atoms with Crippen LogP contribution in [0.3, 0.4) is 0 Å². The number of ether oxygens (including phenoxy) is 1. The Morgan fingerprint density at radius 2 is 2.05 bits per heavy atom. The van der Waals surface area contributed by atoms with Crippen LogP contribution in [0.5, 0.6) is 5.75 Å². The van der Waals surface area contributed by atoms with E-state index < -0.39 is 0 Å². The van der Waals surface area contributed by atoms with E-state index in [-0.39, 0.29) is 11.6 Å². The Morgan fingerprint density at radius 1 is 1.29 bits per heavy atom. The first kappa shape index (κ1) is 14.3. The topological polar surface area (TPSA) is 48.1 Å². The second kappa shape index (κ2) is 6.02. The van der Waals surface area contributed by atoms with E-state index in [2.05, 4.69) is 4.98 Å². The van der Waals surface area contributed by atoms with Crippen LogP contribution < -0.4 is 10.5 Å². The Bertz CT molecular complexity index is 635. The standard InChI is InChI=1S/C16H19FN2OS/c1-20-13-8-7-11(9-12(13)17)14-15(18)21-16(19-14)10-5-3-2-4-6-10/h7-10H,2-6,18H2,1H3. The molecule has 5 heteroatoms. The predicted octanol–water partition coefficient (Wildman–Crippen LogP) is 4.59. The summed E-state index contributed by atoms with van der Waals surface area (Å²) in [4.78, 5) is 4.69. The minimum atomic E-state index is -0.387. The van der Waals surface area contributed by atoms with Gasteiger partial charge in [-0.2, -0.15) is 0 Å². The first-order valence-electron chi connectivity index (χ1n) is 7.29. The highest BCUT2D eigenvalue weighted by Crippen LogP contribution is 2.40. The summed E-state index contributed by atoms with van der Waals surface area (Å²) in [6.07, 6.45) is 6.20. The van der Waals surface area contributed by atoms with E-state index in [1.165, 1.54) is 45.3 Å². The maximum atomic E-state index is 13.8. The number of aromatic nitrogens is 1. The number of rotatable bonds is 3. The molecule has 3 nitrogen and oxygen atoms in total. The van der Waals surface area contributed by atoms with E-state index in [0.29, 0.717) is 22.2 Å². The number of nitrogen functional groups attached to an aromatic ring is 1. The summed E-state index contributed by atoms with van der Waals surface area (Å²) in [5.74, 6) is 0.365. The van der Waals surface area contributed by atoms with Crippen molar-refractivity contribution in [2.45, 2.75) is 38.0 Å². The van der Waals surface area contributed by atoms with Crippen LogP contribution in [0, 0.1) is 5.82 Å². The Hall–Kier alpha value is -1.62. The smallest absolute Gasteiger partial charge is 0.165 e. The SMILES string of the molecule is COc1ccc(-c2nc(C3CCCCC3)sc2N)cc1F. The van der Waals surface area contributed by atoms with Crippen molar-refractivity contribution in [3.05, 3.63) is 29.0 Å². The number of thiazole rings is 1. The third-order valence-electron chi connectivity index (χ3n) is 4.05. The van der Waals surface area contributed by atoms with Crippen molar-refractivity contribution in [3.8, 4) is 17.0 Å². The molecule has 0 bridgehead atoms. The van der Waals surface area contributed by atoms with E-state index in [9.17, 15) is 4.39 Å². The Morgan fingerprint density at radius 3 is 2.71 bits per heavy atom. The van der Waals surface area contributed by atoms with Crippen molar-refractivity contribution in [2.24, 2.45) is 0 Å². The zero-order chi connectivity index (χ0) is 14.8. The second-order valence-electron chi connectivity index (χ2n) is 5.45. The fourth-order valence-electron chi connectivity index (χ4n) is 2.89. The van der Waals surface area contributed by atoms with Gasteiger partial charge in [-0.25, -0.2) is 9.37 Å². The van der Waals surface area contributed by atoms with Crippen molar-refractivity contribution in [1.29, 1.82) is 0 Å². The molecule has 0 unspecified atom stereocenters. The van der Waals surface area contributed by atoms with E-state index >= 15 is 0 Å². The summed E-state index contributed by atoms with van der Waals surface area (Å²) in [6.45, 7) is 0. The maximum Gasteiger partial charge on any atom is 0.165 e. The molecule has 2 aromatic rings. The molecule has 1 aliphatic carbocycles. The van der Waals surface area contributed by atoms with Gasteiger partial charge in [0.2, 0.25) is 0 Å². The molecular formula is C16H19FN2OS. The molecular weight excluding hydrogens is 287 g/mol. The number of hydrogen-bond donors (Lipinski definition) is 1. The van der Waals surface area contributed by atoms with Crippen LogP contribution in [-0.2, 0) is 0 Å². The molecule has 0 aliphatic heterocycles. The lowest BCUT2D eigenvalue weighted by Gasteiger charge is -2.18. The van der Waals surface area contributed by atoms with Crippen LogP contribution >= 0.6 is 11.3 Å². The summed E-state index contributed by atoms with van der Waals surface area (Å²) in [7, 11) is 1.45. The summed E-state index contributed by atoms with van der Waals surface area (Å²) < 4.78 is 18.8. The largest absolute Gasteiger partial charge is 0.494 e. The van der Waals surface area contributed by atoms with Gasteiger partial charge in [0.05, 0.1) is 12.1 Å². The van der Waals surface area contributed by atoms with Crippen LogP contribution in [-0.4, -0.2) is 12.1 Å². The lowest BCUT2D eigenvalue weighted by atomic mass is 9.90. The van der Waals surface area contributed by atoms with Crippen molar-refractivity contribution in [1.82, 2.24) is 4.98 Å². The fraction of sp³-hybridized carbons (Fsp3) is 0.438. The number of benzene rings is 1. The maximum absolute atomic E-state index is 13.8. The average Bonchev–Trinajstić information content (AvgIpc) is 2.90. The monoisotopic (exact) mass is 306 g/mol. The summed E-state index contributed by atoms with van der Waals surface area (Å²) >= 11 is 1.54. The van der Waals surface area contributed by atoms with Crippen molar-refractivity contribution >= 4 is 16.3 Å². The highest BCUT2D eigenvalue weighted by atomic mass is 32.1. The number of halogens is 1. The number of nitrogens with zero attached hydrogens (tertiary/aromatic N) is 1. The zero-order valence-corrected chi connectivity index (χ0v) is 12.9. The second-order valence-corrected chi connectivity index (χ2v) is 6.51. The van der Waals surface area contributed by atoms with Crippen molar-refractivity contribution in [3.63, 3.8) is 0 Å². The van der Waals surface area contributed by atoms with Crippen molar-refractivity contribution in [2.75, 3.05) is 12.8 Å². The van der Waals surface area contributed by atoms with Crippen molar-refractivity contribution < 1.29 is 9.13 Å². The molecule has 112 valence electrons. The molecule has 1 saturated carbocycles. The average molecular weight is 306 g/mol. The normalized spacial score (nSPS) is 16.1. The van der Waals surface area contributed by atoms with Gasteiger partial charge in [0.15, 0.2) is 11.6 Å². The zero-order valence-electron chi connectivity index (χ0n) is 12.1. The molecule has 0 spiro atoms. The highest BCUT2D eigenvalue weighted by Gasteiger charge is 2.21. The van der Waals surface area contributed by atoms with Crippen LogP contribution in [0.2, 0.25) is 0 Å². The summed E-state index contributed by atoms with van der Waals surface area (Å²) in [6, 6.07) is 4.86. The van der Waals surface area contributed by atoms with E-state index in [0.717, 1.165) is 5.01 Å². The molecule has 0 atom stereocenters. The van der Waals surface area contributed by atoms with E-state index in [1.54, 1.807) is 23.5 Å². The fourth-order valence-corrected chi connectivity index (χ4v) is 3.92. The van der Waals surface area contributed by atoms with Gasteiger partial charge in [0.1, 0.15) is 10.7 Å². The van der Waals surface area contributed by atoms with E-state index in [1.807, 2.05) is 0 Å². The first-order valence-corrected chi connectivity index (χ1v) is 8.11. The van der Waals surface area contributed by atoms with Crippen LogP contribution in [0.4, 0.5) is 9.39 Å².